The first-order chi connectivity index (χ1) is 10.9. The van der Waals surface area contributed by atoms with Crippen molar-refractivity contribution >= 4 is 27.9 Å². The van der Waals surface area contributed by atoms with Crippen LogP contribution in [0.3, 0.4) is 0 Å². The number of rotatable bonds is 4. The number of sulfonamides is 1. The third kappa shape index (κ3) is 2.86. The molecule has 0 atom stereocenters. The van der Waals surface area contributed by atoms with Crippen LogP contribution in [0.25, 0.3) is 22.7 Å². The van der Waals surface area contributed by atoms with Gasteiger partial charge in [-0.05, 0) is 29.5 Å². The Morgan fingerprint density at radius 3 is 2.61 bits per heavy atom. The van der Waals surface area contributed by atoms with Crippen LogP contribution >= 0.6 is 11.6 Å². The molecule has 0 amide bonds. The number of nitrogens with two attached hydrogens (primary N) is 1. The molecule has 0 aliphatic rings. The summed E-state index contributed by atoms with van der Waals surface area (Å²) in [6.45, 7) is 0. The molecule has 0 fully saturated rings. The van der Waals surface area contributed by atoms with Crippen LogP contribution in [0.2, 0.25) is 5.02 Å². The Hall–Kier alpha value is -2.56. The summed E-state index contributed by atoms with van der Waals surface area (Å²) >= 11 is 6.00. The van der Waals surface area contributed by atoms with Crippen molar-refractivity contribution in [2.45, 2.75) is 4.90 Å². The zero-order chi connectivity index (χ0) is 16.6. The number of furan rings is 1. The molecule has 0 saturated heterocycles. The maximum atomic E-state index is 11.6. The van der Waals surface area contributed by atoms with Gasteiger partial charge >= 0.3 is 0 Å². The molecule has 0 aliphatic carbocycles. The minimum Gasteiger partial charge on any atom is -0.453 e. The molecule has 1 aromatic carbocycles. The SMILES string of the molecule is NS(=O)(=O)c1cc(-c2nn[nH]n2)c(-c2ccc(C=O)o2)cc1Cl. The zero-order valence-corrected chi connectivity index (χ0v) is 12.8. The standard InChI is InChI=1S/C12H8ClN5O4S/c13-9-3-7(10-2-1-6(5-19)22-10)8(12-15-17-18-16-12)4-11(9)23(14,20)21/h1-5H,(H2,14,20,21)(H,15,16,17,18). The number of hydrogen-bond acceptors (Lipinski definition) is 7. The van der Waals surface area contributed by atoms with Gasteiger partial charge in [0.2, 0.25) is 15.8 Å². The fourth-order valence-electron chi connectivity index (χ4n) is 2.00. The Labute approximate surface area is 134 Å². The molecular formula is C12H8ClN5O4S. The summed E-state index contributed by atoms with van der Waals surface area (Å²) in [5.41, 5.74) is 0.663. The molecule has 0 radical (unpaired) electrons. The summed E-state index contributed by atoms with van der Waals surface area (Å²) in [6.07, 6.45) is 0.540. The molecule has 0 aliphatic heterocycles. The smallest absolute Gasteiger partial charge is 0.239 e. The van der Waals surface area contributed by atoms with Gasteiger partial charge in [0.05, 0.1) is 5.02 Å². The van der Waals surface area contributed by atoms with E-state index in [4.69, 9.17) is 21.2 Å². The Morgan fingerprint density at radius 2 is 2.04 bits per heavy atom. The van der Waals surface area contributed by atoms with E-state index < -0.39 is 10.0 Å². The Morgan fingerprint density at radius 1 is 1.26 bits per heavy atom. The average Bonchev–Trinajstić information content (AvgIpc) is 3.17. The zero-order valence-electron chi connectivity index (χ0n) is 11.2. The van der Waals surface area contributed by atoms with Gasteiger partial charge in [0.15, 0.2) is 12.0 Å². The van der Waals surface area contributed by atoms with Crippen LogP contribution in [0.5, 0.6) is 0 Å². The lowest BCUT2D eigenvalue weighted by molar-refractivity contribution is 0.110. The third-order valence-corrected chi connectivity index (χ3v) is 4.35. The van der Waals surface area contributed by atoms with Crippen molar-refractivity contribution in [3.05, 3.63) is 35.0 Å². The predicted octanol–water partition coefficient (Wildman–Crippen LogP) is 1.24. The van der Waals surface area contributed by atoms with Gasteiger partial charge in [0, 0.05) is 11.1 Å². The quantitative estimate of drug-likeness (QED) is 0.671. The molecule has 9 nitrogen and oxygen atoms in total. The van der Waals surface area contributed by atoms with E-state index in [1.807, 2.05) is 0 Å². The Balaban J connectivity index is 2.30. The molecule has 2 aromatic heterocycles. The van der Waals surface area contributed by atoms with Crippen LogP contribution in [0.1, 0.15) is 10.6 Å². The van der Waals surface area contributed by atoms with Crippen LogP contribution in [-0.4, -0.2) is 35.3 Å². The maximum absolute atomic E-state index is 11.6. The number of nitrogens with zero attached hydrogens (tertiary/aromatic N) is 3. The van der Waals surface area contributed by atoms with E-state index >= 15 is 0 Å². The van der Waals surface area contributed by atoms with Crippen molar-refractivity contribution in [2.75, 3.05) is 0 Å². The van der Waals surface area contributed by atoms with E-state index in [0.717, 1.165) is 0 Å². The van der Waals surface area contributed by atoms with Gasteiger partial charge < -0.3 is 4.42 Å². The molecule has 23 heavy (non-hydrogen) atoms. The number of tetrazole rings is 1. The second kappa shape index (κ2) is 5.57. The van der Waals surface area contributed by atoms with Crippen molar-refractivity contribution in [1.29, 1.82) is 0 Å². The number of hydrogen-bond donors (Lipinski definition) is 2. The van der Waals surface area contributed by atoms with Gasteiger partial charge in [-0.25, -0.2) is 13.6 Å². The lowest BCUT2D eigenvalue weighted by Crippen LogP contribution is -2.13. The number of primary sulfonamides is 1. The first kappa shape index (κ1) is 15.3. The van der Waals surface area contributed by atoms with E-state index in [9.17, 15) is 13.2 Å². The Kier molecular flexibility index (Phi) is 3.72. The fraction of sp³-hybridized carbons (Fsp3) is 0. The largest absolute Gasteiger partial charge is 0.453 e. The number of halogens is 1. The van der Waals surface area contributed by atoms with Crippen molar-refractivity contribution < 1.29 is 17.6 Å². The number of carbonyl (C=O) groups is 1. The average molecular weight is 354 g/mol. The van der Waals surface area contributed by atoms with Crippen LogP contribution in [0.4, 0.5) is 0 Å². The van der Waals surface area contributed by atoms with Crippen LogP contribution in [0, 0.1) is 0 Å². The van der Waals surface area contributed by atoms with Crippen molar-refractivity contribution in [3.63, 3.8) is 0 Å². The summed E-state index contributed by atoms with van der Waals surface area (Å²) in [5, 5.41) is 18.4. The molecule has 118 valence electrons. The van der Waals surface area contributed by atoms with Crippen molar-refractivity contribution in [1.82, 2.24) is 20.6 Å². The lowest BCUT2D eigenvalue weighted by Gasteiger charge is -2.09. The molecule has 3 rings (SSSR count). The minimum atomic E-state index is -4.05. The molecule has 2 heterocycles. The molecule has 0 saturated carbocycles. The normalized spacial score (nSPS) is 11.6. The molecular weight excluding hydrogens is 346 g/mol. The minimum absolute atomic E-state index is 0.0983. The summed E-state index contributed by atoms with van der Waals surface area (Å²) in [7, 11) is -4.05. The van der Waals surface area contributed by atoms with E-state index in [-0.39, 0.29) is 32.8 Å². The fourth-order valence-corrected chi connectivity index (χ4v) is 3.10. The highest BCUT2D eigenvalue weighted by Gasteiger charge is 2.22. The summed E-state index contributed by atoms with van der Waals surface area (Å²) in [6, 6.07) is 5.57. The first-order valence-corrected chi connectivity index (χ1v) is 7.98. The molecule has 3 N–H and O–H groups in total. The number of aromatic nitrogens is 4. The molecule has 0 bridgehead atoms. The van der Waals surface area contributed by atoms with E-state index in [2.05, 4.69) is 20.6 Å². The van der Waals surface area contributed by atoms with E-state index in [1.54, 1.807) is 0 Å². The molecule has 11 heteroatoms. The Bertz CT molecular complexity index is 981. The maximum Gasteiger partial charge on any atom is 0.239 e. The number of aldehydes is 1. The number of H-pyrrole nitrogens is 1. The highest BCUT2D eigenvalue weighted by molar-refractivity contribution is 7.89. The second-order valence-corrected chi connectivity index (χ2v) is 6.37. The number of carbonyl (C=O) groups excluding carboxylic acids is 1. The number of benzene rings is 1. The first-order valence-electron chi connectivity index (χ1n) is 6.05. The van der Waals surface area contributed by atoms with Gasteiger partial charge in [0.1, 0.15) is 10.7 Å². The van der Waals surface area contributed by atoms with Gasteiger partial charge in [0.25, 0.3) is 0 Å². The van der Waals surface area contributed by atoms with E-state index in [1.165, 1.54) is 24.3 Å². The van der Waals surface area contributed by atoms with Gasteiger partial charge in [-0.1, -0.05) is 11.6 Å². The highest BCUT2D eigenvalue weighted by atomic mass is 35.5. The molecule has 3 aromatic rings. The lowest BCUT2D eigenvalue weighted by atomic mass is 10.0. The van der Waals surface area contributed by atoms with Gasteiger partial charge in [-0.2, -0.15) is 5.21 Å². The summed E-state index contributed by atoms with van der Waals surface area (Å²) < 4.78 is 28.6. The summed E-state index contributed by atoms with van der Waals surface area (Å²) in [5.74, 6) is 0.506. The van der Waals surface area contributed by atoms with Crippen LogP contribution in [-0.2, 0) is 10.0 Å². The van der Waals surface area contributed by atoms with Crippen molar-refractivity contribution in [3.8, 4) is 22.7 Å². The third-order valence-electron chi connectivity index (χ3n) is 2.97. The van der Waals surface area contributed by atoms with E-state index in [0.29, 0.717) is 11.8 Å². The number of nitrogens with one attached hydrogen (secondary N) is 1. The number of aromatic amines is 1. The highest BCUT2D eigenvalue weighted by Crippen LogP contribution is 2.36. The monoisotopic (exact) mass is 353 g/mol. The van der Waals surface area contributed by atoms with Gasteiger partial charge in [-0.3, -0.25) is 4.79 Å². The molecule has 0 spiro atoms. The summed E-state index contributed by atoms with van der Waals surface area (Å²) in [4.78, 5) is 10.5. The van der Waals surface area contributed by atoms with Crippen molar-refractivity contribution in [2.24, 2.45) is 5.14 Å². The van der Waals surface area contributed by atoms with Crippen LogP contribution in [0.15, 0.2) is 33.6 Å². The topological polar surface area (TPSA) is 145 Å². The second-order valence-electron chi connectivity index (χ2n) is 4.43. The van der Waals surface area contributed by atoms with Crippen LogP contribution < -0.4 is 5.14 Å². The molecule has 0 unspecified atom stereocenters. The predicted molar refractivity (Wildman–Crippen MR) is 79.1 cm³/mol. The van der Waals surface area contributed by atoms with Gasteiger partial charge in [-0.15, -0.1) is 10.2 Å².